The smallest absolute Gasteiger partial charge is 0.338 e. The van der Waals surface area contributed by atoms with Gasteiger partial charge >= 0.3 is 6.03 Å². The number of rotatable bonds is 5. The average molecular weight is 428 g/mol. The summed E-state index contributed by atoms with van der Waals surface area (Å²) < 4.78 is 5.43. The van der Waals surface area contributed by atoms with Gasteiger partial charge in [0.05, 0.1) is 31.2 Å². The second-order valence-electron chi connectivity index (χ2n) is 7.47. The van der Waals surface area contributed by atoms with E-state index in [1.165, 1.54) is 0 Å². The second kappa shape index (κ2) is 9.86. The maximum Gasteiger partial charge on any atom is 0.338 e. The molecule has 7 nitrogen and oxygen atoms in total. The lowest BCUT2D eigenvalue weighted by Crippen LogP contribution is -2.41. The molecule has 162 valence electrons. The molecule has 7 heteroatoms. The minimum atomic E-state index is -0.374. The van der Waals surface area contributed by atoms with Gasteiger partial charge in [-0.1, -0.05) is 30.3 Å². The highest BCUT2D eigenvalue weighted by Gasteiger charge is 2.16. The lowest BCUT2D eigenvalue weighted by Gasteiger charge is -2.30. The van der Waals surface area contributed by atoms with Crippen LogP contribution in [0.2, 0.25) is 0 Å². The van der Waals surface area contributed by atoms with Crippen molar-refractivity contribution < 1.29 is 9.53 Å². The molecule has 0 aromatic heterocycles. The van der Waals surface area contributed by atoms with Gasteiger partial charge in [-0.2, -0.15) is 0 Å². The third-order valence-corrected chi connectivity index (χ3v) is 5.25. The summed E-state index contributed by atoms with van der Waals surface area (Å²) in [4.78, 5) is 18.7. The number of carbonyl (C=O) groups excluding carboxylic acids is 1. The first-order valence-corrected chi connectivity index (χ1v) is 10.5. The fourth-order valence-corrected chi connectivity index (χ4v) is 3.71. The molecule has 2 N–H and O–H groups in total. The first-order chi connectivity index (χ1) is 15.6. The van der Waals surface area contributed by atoms with Gasteiger partial charge in [0.1, 0.15) is 0 Å². The molecule has 32 heavy (non-hydrogen) atoms. The third-order valence-electron chi connectivity index (χ3n) is 5.25. The van der Waals surface area contributed by atoms with Crippen LogP contribution in [0.1, 0.15) is 5.56 Å². The van der Waals surface area contributed by atoms with Crippen molar-refractivity contribution >= 4 is 34.5 Å². The summed E-state index contributed by atoms with van der Waals surface area (Å²) >= 11 is 0. The van der Waals surface area contributed by atoms with Crippen LogP contribution in [0.15, 0.2) is 72.8 Å². The van der Waals surface area contributed by atoms with E-state index >= 15 is 0 Å². The monoisotopic (exact) mass is 427 g/mol. The molecule has 1 aliphatic heterocycles. The number of morpholine rings is 1. The molecule has 1 heterocycles. The van der Waals surface area contributed by atoms with Gasteiger partial charge < -0.3 is 15.0 Å². The highest BCUT2D eigenvalue weighted by Crippen LogP contribution is 2.27. The van der Waals surface area contributed by atoms with Gasteiger partial charge in [0.25, 0.3) is 0 Å². The molecule has 0 unspecified atom stereocenters. The number of hydrogen-bond acceptors (Lipinski definition) is 4. The van der Waals surface area contributed by atoms with Gasteiger partial charge in [0.2, 0.25) is 0 Å². The van der Waals surface area contributed by atoms with E-state index in [1.807, 2.05) is 61.5 Å². The Labute approximate surface area is 188 Å². The topological polar surface area (TPSA) is 61.2 Å². The van der Waals surface area contributed by atoms with E-state index < -0.39 is 0 Å². The molecule has 0 bridgehead atoms. The number of hydrogen-bond donors (Lipinski definition) is 2. The van der Waals surface area contributed by atoms with Gasteiger partial charge in [-0.15, -0.1) is 0 Å². The Morgan fingerprint density at radius 3 is 2.47 bits per heavy atom. The number of carbonyl (C=O) groups is 1. The number of ether oxygens (including phenoxy) is 1. The molecule has 0 spiro atoms. The zero-order chi connectivity index (χ0) is 22.3. The summed E-state index contributed by atoms with van der Waals surface area (Å²) in [7, 11) is 0. The fourth-order valence-electron chi connectivity index (χ4n) is 3.71. The molecule has 1 aliphatic rings. The van der Waals surface area contributed by atoms with Crippen LogP contribution < -0.4 is 20.7 Å². The lowest BCUT2D eigenvalue weighted by atomic mass is 10.1. The summed E-state index contributed by atoms with van der Waals surface area (Å²) in [6.45, 7) is 12.5. The van der Waals surface area contributed by atoms with Crippen molar-refractivity contribution in [1.82, 2.24) is 5.43 Å². The largest absolute Gasteiger partial charge is 0.378 e. The van der Waals surface area contributed by atoms with Crippen molar-refractivity contribution in [3.8, 4) is 0 Å². The molecule has 0 saturated carbocycles. The van der Waals surface area contributed by atoms with Crippen molar-refractivity contribution in [3.63, 3.8) is 0 Å². The van der Waals surface area contributed by atoms with Crippen LogP contribution in [0.4, 0.5) is 33.2 Å². The lowest BCUT2D eigenvalue weighted by molar-refractivity contribution is 0.122. The number of aryl methyl sites for hydroxylation is 1. The second-order valence-corrected chi connectivity index (χ2v) is 7.47. The molecule has 1 saturated heterocycles. The maximum atomic E-state index is 12.9. The molecular formula is C25H25N5O2. The zero-order valence-corrected chi connectivity index (χ0v) is 17.9. The number of anilines is 4. The number of benzene rings is 3. The van der Waals surface area contributed by atoms with Gasteiger partial charge in [-0.3, -0.25) is 5.01 Å². The zero-order valence-electron chi connectivity index (χ0n) is 17.9. The van der Waals surface area contributed by atoms with Crippen LogP contribution in [0.25, 0.3) is 4.85 Å². The van der Waals surface area contributed by atoms with Gasteiger partial charge in [0, 0.05) is 24.5 Å². The van der Waals surface area contributed by atoms with E-state index in [9.17, 15) is 4.79 Å². The van der Waals surface area contributed by atoms with E-state index in [1.54, 1.807) is 23.2 Å². The summed E-state index contributed by atoms with van der Waals surface area (Å²) in [5.74, 6) is 0. The van der Waals surface area contributed by atoms with Crippen LogP contribution in [0, 0.1) is 13.5 Å². The average Bonchev–Trinajstić information content (AvgIpc) is 2.84. The summed E-state index contributed by atoms with van der Waals surface area (Å²) in [6, 6.07) is 22.2. The van der Waals surface area contributed by atoms with Crippen molar-refractivity contribution in [1.29, 1.82) is 0 Å². The Morgan fingerprint density at radius 1 is 1.00 bits per heavy atom. The maximum absolute atomic E-state index is 12.9. The summed E-state index contributed by atoms with van der Waals surface area (Å²) in [5, 5.41) is 4.58. The summed E-state index contributed by atoms with van der Waals surface area (Å²) in [5.41, 5.74) is 7.83. The van der Waals surface area contributed by atoms with E-state index in [0.29, 0.717) is 17.1 Å². The first kappa shape index (κ1) is 21.2. The number of para-hydroxylation sites is 1. The highest BCUT2D eigenvalue weighted by atomic mass is 16.5. The molecule has 2 amide bonds. The molecular weight excluding hydrogens is 402 g/mol. The van der Waals surface area contributed by atoms with Crippen LogP contribution in [-0.2, 0) is 4.74 Å². The number of nitrogens with one attached hydrogen (secondary N) is 2. The Kier molecular flexibility index (Phi) is 6.54. The molecule has 0 atom stereocenters. The van der Waals surface area contributed by atoms with E-state index in [4.69, 9.17) is 11.3 Å². The molecule has 3 aromatic carbocycles. The minimum absolute atomic E-state index is 0.374. The quantitative estimate of drug-likeness (QED) is 0.431. The van der Waals surface area contributed by atoms with E-state index in [-0.39, 0.29) is 6.03 Å². The number of nitrogens with zero attached hydrogens (tertiary/aromatic N) is 3. The SMILES string of the molecule is [C-]#[N+]c1cccc(N(NC(=O)Nc2ccc(N3CCOCC3)c(C)c2)c2ccccc2)c1. The van der Waals surface area contributed by atoms with Crippen molar-refractivity contribution in [2.24, 2.45) is 0 Å². The minimum Gasteiger partial charge on any atom is -0.378 e. The predicted octanol–water partition coefficient (Wildman–Crippen LogP) is 5.26. The van der Waals surface area contributed by atoms with Gasteiger partial charge in [-0.25, -0.2) is 15.1 Å². The predicted molar refractivity (Wildman–Crippen MR) is 128 cm³/mol. The van der Waals surface area contributed by atoms with E-state index in [2.05, 4.69) is 20.5 Å². The fraction of sp³-hybridized carbons (Fsp3) is 0.200. The van der Waals surface area contributed by atoms with Gasteiger partial charge in [-0.05, 0) is 55.0 Å². The first-order valence-electron chi connectivity index (χ1n) is 10.5. The van der Waals surface area contributed by atoms with E-state index in [0.717, 1.165) is 43.2 Å². The van der Waals surface area contributed by atoms with Crippen LogP contribution >= 0.6 is 0 Å². The Bertz CT molecular complexity index is 1120. The molecule has 0 aliphatic carbocycles. The molecule has 1 fully saturated rings. The van der Waals surface area contributed by atoms with Crippen LogP contribution in [0.3, 0.4) is 0 Å². The molecule has 3 aromatic rings. The third kappa shape index (κ3) is 4.99. The van der Waals surface area contributed by atoms with Crippen molar-refractivity contribution in [2.45, 2.75) is 6.92 Å². The molecule has 4 rings (SSSR count). The standard InChI is InChI=1S/C25H25N5O2/c1-19-17-21(11-12-24(19)29-13-15-32-16-14-29)27-25(31)28-30(22-8-4-3-5-9-22)23-10-6-7-20(18-23)26-2/h3-12,17-18H,13-16H2,1H3,(H2,27,28,31). The normalized spacial score (nSPS) is 13.2. The van der Waals surface area contributed by atoms with Crippen LogP contribution in [0.5, 0.6) is 0 Å². The summed E-state index contributed by atoms with van der Waals surface area (Å²) in [6.07, 6.45) is 0. The van der Waals surface area contributed by atoms with Crippen molar-refractivity contribution in [3.05, 3.63) is 89.8 Å². The molecule has 0 radical (unpaired) electrons. The number of amides is 2. The Balaban J connectivity index is 1.51. The van der Waals surface area contributed by atoms with Gasteiger partial charge in [0.15, 0.2) is 5.69 Å². The Morgan fingerprint density at radius 2 is 1.75 bits per heavy atom. The Hall–Kier alpha value is -4.02. The number of hydrazine groups is 1. The number of urea groups is 1. The van der Waals surface area contributed by atoms with Crippen molar-refractivity contribution in [2.75, 3.05) is 41.5 Å². The highest BCUT2D eigenvalue weighted by molar-refractivity contribution is 5.92. The van der Waals surface area contributed by atoms with Crippen LogP contribution in [-0.4, -0.2) is 32.3 Å².